The van der Waals surface area contributed by atoms with Gasteiger partial charge in [-0.3, -0.25) is 9.71 Å². The SMILES string of the molecule is Cc1ccc(S(=O)(=O)Nc2ccncc2)cc1C. The monoisotopic (exact) mass is 262 g/mol. The van der Waals surface area contributed by atoms with Crippen molar-refractivity contribution in [2.45, 2.75) is 18.7 Å². The van der Waals surface area contributed by atoms with E-state index >= 15 is 0 Å². The Bertz CT molecular complexity index is 652. The Morgan fingerprint density at radius 2 is 1.67 bits per heavy atom. The summed E-state index contributed by atoms with van der Waals surface area (Å²) in [5, 5.41) is 0. The van der Waals surface area contributed by atoms with E-state index in [9.17, 15) is 8.42 Å². The number of hydrogen-bond acceptors (Lipinski definition) is 3. The molecule has 0 amide bonds. The quantitative estimate of drug-likeness (QED) is 0.924. The van der Waals surface area contributed by atoms with E-state index in [0.29, 0.717) is 5.69 Å². The van der Waals surface area contributed by atoms with Crippen LogP contribution in [0.4, 0.5) is 5.69 Å². The fourth-order valence-corrected chi connectivity index (χ4v) is 2.66. The van der Waals surface area contributed by atoms with Crippen LogP contribution in [0.5, 0.6) is 0 Å². The molecule has 1 N–H and O–H groups in total. The lowest BCUT2D eigenvalue weighted by atomic mass is 10.1. The lowest BCUT2D eigenvalue weighted by molar-refractivity contribution is 0.601. The summed E-state index contributed by atoms with van der Waals surface area (Å²) < 4.78 is 26.8. The first-order chi connectivity index (χ1) is 8.49. The molecule has 18 heavy (non-hydrogen) atoms. The minimum atomic E-state index is -3.53. The van der Waals surface area contributed by atoms with Gasteiger partial charge in [0.25, 0.3) is 10.0 Å². The zero-order valence-electron chi connectivity index (χ0n) is 10.2. The van der Waals surface area contributed by atoms with E-state index in [-0.39, 0.29) is 4.90 Å². The second-order valence-corrected chi connectivity index (χ2v) is 5.77. The van der Waals surface area contributed by atoms with E-state index in [1.165, 1.54) is 12.4 Å². The first-order valence-electron chi connectivity index (χ1n) is 5.49. The zero-order chi connectivity index (χ0) is 13.2. The van der Waals surface area contributed by atoms with Crippen LogP contribution < -0.4 is 4.72 Å². The molecule has 0 atom stereocenters. The molecule has 1 heterocycles. The average Bonchev–Trinajstić information content (AvgIpc) is 2.33. The number of benzene rings is 1. The zero-order valence-corrected chi connectivity index (χ0v) is 11.0. The van der Waals surface area contributed by atoms with Gasteiger partial charge in [0.2, 0.25) is 0 Å². The van der Waals surface area contributed by atoms with Crippen LogP contribution in [-0.4, -0.2) is 13.4 Å². The molecular formula is C13H14N2O2S. The molecule has 0 aliphatic rings. The van der Waals surface area contributed by atoms with Crippen LogP contribution in [0.3, 0.4) is 0 Å². The van der Waals surface area contributed by atoms with Crippen molar-refractivity contribution >= 4 is 15.7 Å². The number of aryl methyl sites for hydroxylation is 2. The highest BCUT2D eigenvalue weighted by molar-refractivity contribution is 7.92. The molecule has 1 aromatic carbocycles. The summed E-state index contributed by atoms with van der Waals surface area (Å²) in [6, 6.07) is 8.29. The molecule has 0 radical (unpaired) electrons. The van der Waals surface area contributed by atoms with Gasteiger partial charge in [0.05, 0.1) is 10.6 Å². The highest BCUT2D eigenvalue weighted by Gasteiger charge is 2.14. The number of aromatic nitrogens is 1. The van der Waals surface area contributed by atoms with Crippen molar-refractivity contribution in [1.29, 1.82) is 0 Å². The smallest absolute Gasteiger partial charge is 0.261 e. The molecule has 2 rings (SSSR count). The Kier molecular flexibility index (Phi) is 3.34. The van der Waals surface area contributed by atoms with E-state index in [1.54, 1.807) is 30.3 Å². The molecule has 0 aliphatic heterocycles. The molecule has 0 fully saturated rings. The average molecular weight is 262 g/mol. The minimum absolute atomic E-state index is 0.266. The maximum Gasteiger partial charge on any atom is 0.261 e. The van der Waals surface area contributed by atoms with Crippen molar-refractivity contribution in [2.24, 2.45) is 0 Å². The third-order valence-corrected chi connectivity index (χ3v) is 4.10. The molecule has 0 bridgehead atoms. The summed E-state index contributed by atoms with van der Waals surface area (Å²) in [6.45, 7) is 3.84. The molecule has 0 aliphatic carbocycles. The summed E-state index contributed by atoms with van der Waals surface area (Å²) in [6.07, 6.45) is 3.08. The van der Waals surface area contributed by atoms with Gasteiger partial charge in [0.15, 0.2) is 0 Å². The van der Waals surface area contributed by atoms with E-state index in [1.807, 2.05) is 13.8 Å². The van der Waals surface area contributed by atoms with Crippen LogP contribution in [0.2, 0.25) is 0 Å². The van der Waals surface area contributed by atoms with Gasteiger partial charge in [0.1, 0.15) is 0 Å². The van der Waals surface area contributed by atoms with Crippen LogP contribution in [0.25, 0.3) is 0 Å². The van der Waals surface area contributed by atoms with Gasteiger partial charge in [0, 0.05) is 12.4 Å². The largest absolute Gasteiger partial charge is 0.280 e. The Labute approximate surface area is 107 Å². The van der Waals surface area contributed by atoms with Gasteiger partial charge < -0.3 is 0 Å². The van der Waals surface area contributed by atoms with Crippen LogP contribution in [-0.2, 0) is 10.0 Å². The highest BCUT2D eigenvalue weighted by atomic mass is 32.2. The van der Waals surface area contributed by atoms with E-state index < -0.39 is 10.0 Å². The van der Waals surface area contributed by atoms with E-state index in [4.69, 9.17) is 0 Å². The van der Waals surface area contributed by atoms with Crippen molar-refractivity contribution in [3.05, 3.63) is 53.9 Å². The van der Waals surface area contributed by atoms with E-state index in [2.05, 4.69) is 9.71 Å². The number of nitrogens with zero attached hydrogens (tertiary/aromatic N) is 1. The van der Waals surface area contributed by atoms with Crippen LogP contribution in [0.1, 0.15) is 11.1 Å². The topological polar surface area (TPSA) is 59.1 Å². The van der Waals surface area contributed by atoms with Crippen molar-refractivity contribution in [3.8, 4) is 0 Å². The maximum atomic E-state index is 12.1. The van der Waals surface area contributed by atoms with Crippen LogP contribution in [0.15, 0.2) is 47.6 Å². The number of pyridine rings is 1. The molecule has 0 unspecified atom stereocenters. The summed E-state index contributed by atoms with van der Waals surface area (Å²) in [5.41, 5.74) is 2.52. The molecule has 94 valence electrons. The number of hydrogen-bond donors (Lipinski definition) is 1. The molecule has 4 nitrogen and oxygen atoms in total. The summed E-state index contributed by atoms with van der Waals surface area (Å²) in [5.74, 6) is 0. The summed E-state index contributed by atoms with van der Waals surface area (Å²) in [7, 11) is -3.53. The molecule has 5 heteroatoms. The van der Waals surface area contributed by atoms with Gasteiger partial charge >= 0.3 is 0 Å². The number of nitrogens with one attached hydrogen (secondary N) is 1. The first kappa shape index (κ1) is 12.6. The van der Waals surface area contributed by atoms with Crippen LogP contribution >= 0.6 is 0 Å². The molecule has 0 saturated heterocycles. The van der Waals surface area contributed by atoms with Crippen molar-refractivity contribution in [3.63, 3.8) is 0 Å². The molecule has 2 aromatic rings. The fourth-order valence-electron chi connectivity index (χ4n) is 1.52. The van der Waals surface area contributed by atoms with Crippen molar-refractivity contribution in [1.82, 2.24) is 4.98 Å². The normalized spacial score (nSPS) is 11.2. The fraction of sp³-hybridized carbons (Fsp3) is 0.154. The number of sulfonamides is 1. The molecule has 1 aromatic heterocycles. The molecule has 0 saturated carbocycles. The Morgan fingerprint density at radius 3 is 2.28 bits per heavy atom. The Hall–Kier alpha value is -1.88. The first-order valence-corrected chi connectivity index (χ1v) is 6.97. The number of rotatable bonds is 3. The van der Waals surface area contributed by atoms with Crippen molar-refractivity contribution in [2.75, 3.05) is 4.72 Å². The lowest BCUT2D eigenvalue weighted by Gasteiger charge is -2.09. The highest BCUT2D eigenvalue weighted by Crippen LogP contribution is 2.18. The Balaban J connectivity index is 2.34. The Morgan fingerprint density at radius 1 is 1.00 bits per heavy atom. The molecular weight excluding hydrogens is 248 g/mol. The van der Waals surface area contributed by atoms with Gasteiger partial charge in [-0.1, -0.05) is 6.07 Å². The van der Waals surface area contributed by atoms with Gasteiger partial charge in [-0.25, -0.2) is 8.42 Å². The van der Waals surface area contributed by atoms with Gasteiger partial charge in [-0.2, -0.15) is 0 Å². The predicted molar refractivity (Wildman–Crippen MR) is 71.0 cm³/mol. The third kappa shape index (κ3) is 2.68. The summed E-state index contributed by atoms with van der Waals surface area (Å²) in [4.78, 5) is 4.11. The third-order valence-electron chi connectivity index (χ3n) is 2.72. The van der Waals surface area contributed by atoms with Crippen molar-refractivity contribution < 1.29 is 8.42 Å². The second-order valence-electron chi connectivity index (χ2n) is 4.09. The van der Waals surface area contributed by atoms with E-state index in [0.717, 1.165) is 11.1 Å². The summed E-state index contributed by atoms with van der Waals surface area (Å²) >= 11 is 0. The maximum absolute atomic E-state index is 12.1. The van der Waals surface area contributed by atoms with Gasteiger partial charge in [-0.05, 0) is 49.2 Å². The number of anilines is 1. The predicted octanol–water partition coefficient (Wildman–Crippen LogP) is 2.50. The molecule has 0 spiro atoms. The lowest BCUT2D eigenvalue weighted by Crippen LogP contribution is -2.13. The van der Waals surface area contributed by atoms with Gasteiger partial charge in [-0.15, -0.1) is 0 Å². The second kappa shape index (κ2) is 4.78. The standard InChI is InChI=1S/C13H14N2O2S/c1-10-3-4-13(9-11(10)2)18(16,17)15-12-5-7-14-8-6-12/h3-9H,1-2H3,(H,14,15). The minimum Gasteiger partial charge on any atom is -0.280 e. The van der Waals surface area contributed by atoms with Crippen LogP contribution in [0, 0.1) is 13.8 Å².